The van der Waals surface area contributed by atoms with Gasteiger partial charge >= 0.3 is 51.4 Å². The summed E-state index contributed by atoms with van der Waals surface area (Å²) in [5.41, 5.74) is 2.96. The van der Waals surface area contributed by atoms with Crippen molar-refractivity contribution < 1.29 is 51.4 Å². The minimum atomic E-state index is 0. The van der Waals surface area contributed by atoms with Gasteiger partial charge < -0.3 is 6.92 Å². The molecule has 78 valence electrons. The van der Waals surface area contributed by atoms with Crippen molar-refractivity contribution in [3.63, 3.8) is 0 Å². The van der Waals surface area contributed by atoms with Crippen LogP contribution in [-0.4, -0.2) is 0 Å². The summed E-state index contributed by atoms with van der Waals surface area (Å²) in [5.74, 6) is 0. The van der Waals surface area contributed by atoms with Crippen molar-refractivity contribution >= 4 is 0 Å². The molecule has 0 N–H and O–H groups in total. The molecule has 0 nitrogen and oxygen atoms in total. The maximum atomic E-state index is 3.86. The first-order valence-electron chi connectivity index (χ1n) is 5.34. The van der Waals surface area contributed by atoms with Gasteiger partial charge in [-0.1, -0.05) is 33.6 Å². The fourth-order valence-electron chi connectivity index (χ4n) is 1.44. The van der Waals surface area contributed by atoms with Crippen molar-refractivity contribution in [2.24, 2.45) is 0 Å². The van der Waals surface area contributed by atoms with Crippen molar-refractivity contribution in [2.45, 2.75) is 45.4 Å². The van der Waals surface area contributed by atoms with Gasteiger partial charge in [-0.15, -0.1) is 0 Å². The van der Waals surface area contributed by atoms with E-state index in [0.29, 0.717) is 0 Å². The summed E-state index contributed by atoms with van der Waals surface area (Å²) < 4.78 is 0. The van der Waals surface area contributed by atoms with Crippen LogP contribution < -0.4 is 51.4 Å². The van der Waals surface area contributed by atoms with E-state index in [0.717, 1.165) is 19.3 Å². The molecule has 0 unspecified atom stereocenters. The predicted octanol–water partition coefficient (Wildman–Crippen LogP) is 0.945. The molecule has 0 radical (unpaired) electrons. The van der Waals surface area contributed by atoms with Crippen molar-refractivity contribution in [2.75, 3.05) is 0 Å². The largest absolute Gasteiger partial charge is 1.00 e. The van der Waals surface area contributed by atoms with Crippen LogP contribution in [0.4, 0.5) is 0 Å². The third-order valence-corrected chi connectivity index (χ3v) is 2.42. The molecule has 0 heterocycles. The van der Waals surface area contributed by atoms with E-state index in [1.165, 1.54) is 11.1 Å². The maximum absolute atomic E-state index is 3.86. The molecule has 0 aromatic heterocycles. The Morgan fingerprint density at radius 1 is 1.33 bits per heavy atom. The zero-order valence-corrected chi connectivity index (χ0v) is 13.7. The van der Waals surface area contributed by atoms with Gasteiger partial charge in [0.25, 0.3) is 0 Å². The topological polar surface area (TPSA) is 0 Å². The minimum absolute atomic E-state index is 0. The van der Waals surface area contributed by atoms with Crippen LogP contribution in [-0.2, 0) is 11.8 Å². The van der Waals surface area contributed by atoms with Crippen molar-refractivity contribution in [1.29, 1.82) is 0 Å². The second kappa shape index (κ2) is 7.23. The Bertz CT molecular complexity index is 284. The van der Waals surface area contributed by atoms with E-state index < -0.39 is 0 Å². The van der Waals surface area contributed by atoms with E-state index in [-0.39, 0.29) is 56.8 Å². The van der Waals surface area contributed by atoms with Crippen LogP contribution in [0.5, 0.6) is 0 Å². The molecule has 0 fully saturated rings. The molecule has 0 aliphatic carbocycles. The summed E-state index contributed by atoms with van der Waals surface area (Å²) in [6.07, 6.45) is 3.27. The minimum Gasteiger partial charge on any atom is -0.343 e. The van der Waals surface area contributed by atoms with Gasteiger partial charge in [0.15, 0.2) is 0 Å². The second-order valence-electron chi connectivity index (χ2n) is 4.81. The number of rotatable bonds is 3. The first-order valence-corrected chi connectivity index (χ1v) is 5.34. The Morgan fingerprint density at radius 3 is 2.53 bits per heavy atom. The molecular weight excluding hydrogens is 207 g/mol. The molecule has 0 amide bonds. The monoisotopic (exact) mass is 227 g/mol. The average Bonchev–Trinajstić information content (AvgIpc) is 2.14. The molecule has 0 spiro atoms. The van der Waals surface area contributed by atoms with Crippen LogP contribution in [0.3, 0.4) is 0 Å². The number of benzene rings is 1. The molecular formula is C14H20K-. The normalized spacial score (nSPS) is 10.9. The SMILES string of the molecule is [CH2-]CCCc1[c-]ccc(C(C)(C)C)c1.[K+]. The molecule has 1 aromatic rings. The molecule has 0 saturated carbocycles. The molecule has 0 saturated heterocycles. The molecule has 0 bridgehead atoms. The predicted molar refractivity (Wildman–Crippen MR) is 62.3 cm³/mol. The van der Waals surface area contributed by atoms with Gasteiger partial charge in [0.1, 0.15) is 0 Å². The average molecular weight is 227 g/mol. The van der Waals surface area contributed by atoms with Crippen molar-refractivity contribution in [3.05, 3.63) is 42.3 Å². The van der Waals surface area contributed by atoms with E-state index in [9.17, 15) is 0 Å². The van der Waals surface area contributed by atoms with Crippen LogP contribution in [0, 0.1) is 13.0 Å². The summed E-state index contributed by atoms with van der Waals surface area (Å²) in [7, 11) is 0. The standard InChI is InChI=1S/C14H20.K/c1-5-6-8-12-9-7-10-13(11-12)14(2,3)4;/h7,10-11H,1,5-6,8H2,2-4H3;/q-2;+1. The van der Waals surface area contributed by atoms with E-state index in [1.807, 2.05) is 6.07 Å². The third-order valence-electron chi connectivity index (χ3n) is 2.42. The molecule has 0 aliphatic rings. The quantitative estimate of drug-likeness (QED) is 0.533. The summed E-state index contributed by atoms with van der Waals surface area (Å²) in [6.45, 7) is 10.6. The van der Waals surface area contributed by atoms with Gasteiger partial charge in [-0.3, -0.25) is 0 Å². The molecule has 0 aliphatic heterocycles. The number of aryl methyl sites for hydroxylation is 1. The zero-order valence-electron chi connectivity index (χ0n) is 10.6. The van der Waals surface area contributed by atoms with E-state index >= 15 is 0 Å². The Kier molecular flexibility index (Phi) is 7.65. The Morgan fingerprint density at radius 2 is 2.00 bits per heavy atom. The Balaban J connectivity index is 0.00000196. The molecule has 1 rings (SSSR count). The van der Waals surface area contributed by atoms with Crippen molar-refractivity contribution in [1.82, 2.24) is 0 Å². The fourth-order valence-corrected chi connectivity index (χ4v) is 1.44. The smallest absolute Gasteiger partial charge is 0.343 e. The first-order chi connectivity index (χ1) is 6.54. The van der Waals surface area contributed by atoms with Gasteiger partial charge in [0.05, 0.1) is 0 Å². The van der Waals surface area contributed by atoms with Crippen molar-refractivity contribution in [3.8, 4) is 0 Å². The Labute approximate surface area is 137 Å². The van der Waals surface area contributed by atoms with E-state index in [2.05, 4.69) is 45.9 Å². The molecule has 0 atom stereocenters. The summed E-state index contributed by atoms with van der Waals surface area (Å²) >= 11 is 0. The number of hydrogen-bond acceptors (Lipinski definition) is 0. The van der Waals surface area contributed by atoms with Crippen LogP contribution in [0.25, 0.3) is 0 Å². The maximum Gasteiger partial charge on any atom is 1.00 e. The van der Waals surface area contributed by atoms with Gasteiger partial charge in [-0.05, 0) is 5.41 Å². The van der Waals surface area contributed by atoms with E-state index in [4.69, 9.17) is 0 Å². The second-order valence-corrected chi connectivity index (χ2v) is 4.81. The van der Waals surface area contributed by atoms with Gasteiger partial charge in [0, 0.05) is 0 Å². The summed E-state index contributed by atoms with van der Waals surface area (Å²) in [4.78, 5) is 0. The van der Waals surface area contributed by atoms with Gasteiger partial charge in [0.2, 0.25) is 0 Å². The molecule has 1 heteroatoms. The number of unbranched alkanes of at least 4 members (excludes halogenated alkanes) is 1. The number of hydrogen-bond donors (Lipinski definition) is 0. The Hall–Kier alpha value is 0.856. The first kappa shape index (κ1) is 15.9. The third kappa shape index (κ3) is 5.65. The van der Waals surface area contributed by atoms with Crippen LogP contribution >= 0.6 is 0 Å². The summed E-state index contributed by atoms with van der Waals surface area (Å²) in [5, 5.41) is 0. The molecule has 1 aromatic carbocycles. The molecule has 15 heavy (non-hydrogen) atoms. The summed E-state index contributed by atoms with van der Waals surface area (Å²) in [6, 6.07) is 9.76. The van der Waals surface area contributed by atoms with Crippen LogP contribution in [0.1, 0.15) is 44.7 Å². The fraction of sp³-hybridized carbons (Fsp3) is 0.500. The zero-order chi connectivity index (χ0) is 10.6. The van der Waals surface area contributed by atoms with Crippen LogP contribution in [0.15, 0.2) is 18.2 Å². The van der Waals surface area contributed by atoms with Gasteiger partial charge in [-0.2, -0.15) is 41.8 Å². The van der Waals surface area contributed by atoms with Crippen LogP contribution in [0.2, 0.25) is 0 Å². The van der Waals surface area contributed by atoms with Gasteiger partial charge in [-0.25, -0.2) is 0 Å². The van der Waals surface area contributed by atoms with E-state index in [1.54, 1.807) is 0 Å².